The molecule has 0 unspecified atom stereocenters. The third-order valence-electron chi connectivity index (χ3n) is 2.04. The van der Waals surface area contributed by atoms with E-state index >= 15 is 0 Å². The van der Waals surface area contributed by atoms with Gasteiger partial charge in [-0.05, 0) is 36.4 Å². The van der Waals surface area contributed by atoms with Crippen molar-refractivity contribution < 1.29 is 9.18 Å². The number of pyridine rings is 1. The van der Waals surface area contributed by atoms with Crippen LogP contribution in [-0.2, 0) is 0 Å². The van der Waals surface area contributed by atoms with Crippen molar-refractivity contribution in [3.8, 4) is 0 Å². The Morgan fingerprint density at radius 1 is 1.19 bits per heavy atom. The van der Waals surface area contributed by atoms with Crippen molar-refractivity contribution in [2.24, 2.45) is 0 Å². The van der Waals surface area contributed by atoms with Crippen LogP contribution < -0.4 is 5.32 Å². The molecule has 2 rings (SSSR count). The summed E-state index contributed by atoms with van der Waals surface area (Å²) in [6.45, 7) is 0. The molecule has 80 valence electrons. The first kappa shape index (κ1) is 10.3. The van der Waals surface area contributed by atoms with Crippen LogP contribution in [0.5, 0.6) is 0 Å². The SMILES string of the molecule is O=Cc1ccnc(Nc2ccc(F)cc2)c1. The summed E-state index contributed by atoms with van der Waals surface area (Å²) in [5.41, 5.74) is 1.26. The van der Waals surface area contributed by atoms with E-state index in [1.807, 2.05) is 0 Å². The van der Waals surface area contributed by atoms with E-state index in [1.165, 1.54) is 18.3 Å². The van der Waals surface area contributed by atoms with Crippen molar-refractivity contribution in [2.75, 3.05) is 5.32 Å². The standard InChI is InChI=1S/C12H9FN2O/c13-10-1-3-11(4-2-10)15-12-7-9(8-16)5-6-14-12/h1-8H,(H,14,15). The molecule has 2 aromatic rings. The fourth-order valence-electron chi connectivity index (χ4n) is 1.27. The second kappa shape index (κ2) is 4.53. The Morgan fingerprint density at radius 3 is 2.62 bits per heavy atom. The summed E-state index contributed by atoms with van der Waals surface area (Å²) < 4.78 is 12.7. The normalized spacial score (nSPS) is 9.81. The molecule has 0 atom stereocenters. The van der Waals surface area contributed by atoms with Crippen molar-refractivity contribution in [3.05, 3.63) is 54.0 Å². The Hall–Kier alpha value is -2.23. The van der Waals surface area contributed by atoms with Gasteiger partial charge >= 0.3 is 0 Å². The highest BCUT2D eigenvalue weighted by Gasteiger charge is 1.97. The lowest BCUT2D eigenvalue weighted by Gasteiger charge is -2.05. The van der Waals surface area contributed by atoms with Gasteiger partial charge in [-0.25, -0.2) is 9.37 Å². The van der Waals surface area contributed by atoms with Gasteiger partial charge in [-0.2, -0.15) is 0 Å². The van der Waals surface area contributed by atoms with Gasteiger partial charge in [0.15, 0.2) is 0 Å². The summed E-state index contributed by atoms with van der Waals surface area (Å²) in [5, 5.41) is 2.97. The molecular formula is C12H9FN2O. The third kappa shape index (κ3) is 2.42. The van der Waals surface area contributed by atoms with Crippen molar-refractivity contribution in [2.45, 2.75) is 0 Å². The maximum absolute atomic E-state index is 12.7. The lowest BCUT2D eigenvalue weighted by atomic mass is 10.2. The molecule has 1 N–H and O–H groups in total. The second-order valence-electron chi connectivity index (χ2n) is 3.22. The number of hydrogen-bond acceptors (Lipinski definition) is 3. The molecule has 0 spiro atoms. The van der Waals surface area contributed by atoms with Crippen LogP contribution >= 0.6 is 0 Å². The van der Waals surface area contributed by atoms with E-state index in [1.54, 1.807) is 24.3 Å². The first-order valence-electron chi connectivity index (χ1n) is 4.72. The van der Waals surface area contributed by atoms with E-state index in [-0.39, 0.29) is 5.82 Å². The zero-order valence-electron chi connectivity index (χ0n) is 8.35. The van der Waals surface area contributed by atoms with Gasteiger partial charge in [-0.15, -0.1) is 0 Å². The molecule has 16 heavy (non-hydrogen) atoms. The highest BCUT2D eigenvalue weighted by molar-refractivity contribution is 5.76. The number of hydrogen-bond donors (Lipinski definition) is 1. The zero-order valence-corrected chi connectivity index (χ0v) is 8.35. The number of carbonyl (C=O) groups is 1. The third-order valence-corrected chi connectivity index (χ3v) is 2.04. The molecule has 0 amide bonds. The number of nitrogens with zero attached hydrogens (tertiary/aromatic N) is 1. The maximum atomic E-state index is 12.7. The number of halogens is 1. The number of benzene rings is 1. The molecule has 0 aliphatic heterocycles. The molecule has 0 bridgehead atoms. The minimum absolute atomic E-state index is 0.292. The Labute approximate surface area is 92.0 Å². The van der Waals surface area contributed by atoms with E-state index in [0.29, 0.717) is 11.4 Å². The van der Waals surface area contributed by atoms with Crippen LogP contribution in [0.2, 0.25) is 0 Å². The molecule has 0 aliphatic carbocycles. The van der Waals surface area contributed by atoms with Crippen molar-refractivity contribution >= 4 is 17.8 Å². The Balaban J connectivity index is 2.20. The van der Waals surface area contributed by atoms with Crippen LogP contribution in [0.3, 0.4) is 0 Å². The highest BCUT2D eigenvalue weighted by Crippen LogP contribution is 2.15. The molecule has 3 nitrogen and oxygen atoms in total. The molecule has 0 aliphatic rings. The van der Waals surface area contributed by atoms with Crippen LogP contribution in [0.4, 0.5) is 15.9 Å². The average molecular weight is 216 g/mol. The Morgan fingerprint density at radius 2 is 1.94 bits per heavy atom. The van der Waals surface area contributed by atoms with Crippen molar-refractivity contribution in [1.29, 1.82) is 0 Å². The molecule has 0 saturated heterocycles. The number of aromatic nitrogens is 1. The van der Waals surface area contributed by atoms with E-state index in [9.17, 15) is 9.18 Å². The summed E-state index contributed by atoms with van der Waals surface area (Å²) in [6.07, 6.45) is 2.28. The highest BCUT2D eigenvalue weighted by atomic mass is 19.1. The zero-order chi connectivity index (χ0) is 11.4. The summed E-state index contributed by atoms with van der Waals surface area (Å²) >= 11 is 0. The van der Waals surface area contributed by atoms with Gasteiger partial charge in [0, 0.05) is 17.4 Å². The first-order chi connectivity index (χ1) is 7.78. The summed E-state index contributed by atoms with van der Waals surface area (Å²) in [7, 11) is 0. The molecule has 4 heteroatoms. The predicted octanol–water partition coefficient (Wildman–Crippen LogP) is 2.78. The lowest BCUT2D eigenvalue weighted by molar-refractivity contribution is 0.112. The number of anilines is 2. The van der Waals surface area contributed by atoms with Gasteiger partial charge in [-0.3, -0.25) is 4.79 Å². The quantitative estimate of drug-likeness (QED) is 0.802. The summed E-state index contributed by atoms with van der Waals surface area (Å²) in [6, 6.07) is 9.15. The Bertz CT molecular complexity index is 497. The largest absolute Gasteiger partial charge is 0.340 e. The van der Waals surface area contributed by atoms with Gasteiger partial charge < -0.3 is 5.32 Å². The number of aldehydes is 1. The molecule has 1 aromatic heterocycles. The lowest BCUT2D eigenvalue weighted by Crippen LogP contribution is -1.94. The second-order valence-corrected chi connectivity index (χ2v) is 3.22. The maximum Gasteiger partial charge on any atom is 0.150 e. The summed E-state index contributed by atoms with van der Waals surface area (Å²) in [5.74, 6) is 0.261. The minimum atomic E-state index is -0.292. The number of rotatable bonds is 3. The van der Waals surface area contributed by atoms with Crippen LogP contribution in [0.25, 0.3) is 0 Å². The molecule has 1 heterocycles. The first-order valence-corrected chi connectivity index (χ1v) is 4.72. The van der Waals surface area contributed by atoms with Gasteiger partial charge in [-0.1, -0.05) is 0 Å². The topological polar surface area (TPSA) is 42.0 Å². The van der Waals surface area contributed by atoms with Crippen molar-refractivity contribution in [1.82, 2.24) is 4.98 Å². The van der Waals surface area contributed by atoms with Crippen molar-refractivity contribution in [3.63, 3.8) is 0 Å². The van der Waals surface area contributed by atoms with Gasteiger partial charge in [0.1, 0.15) is 17.9 Å². The van der Waals surface area contributed by atoms with Crippen LogP contribution in [0.1, 0.15) is 10.4 Å². The average Bonchev–Trinajstić information content (AvgIpc) is 2.32. The molecule has 0 saturated carbocycles. The molecule has 0 radical (unpaired) electrons. The van der Waals surface area contributed by atoms with Crippen LogP contribution in [-0.4, -0.2) is 11.3 Å². The van der Waals surface area contributed by atoms with Gasteiger partial charge in [0.25, 0.3) is 0 Å². The smallest absolute Gasteiger partial charge is 0.150 e. The number of nitrogens with one attached hydrogen (secondary N) is 1. The summed E-state index contributed by atoms with van der Waals surface area (Å²) in [4.78, 5) is 14.6. The van der Waals surface area contributed by atoms with E-state index in [4.69, 9.17) is 0 Å². The molecule has 0 fully saturated rings. The van der Waals surface area contributed by atoms with E-state index in [2.05, 4.69) is 10.3 Å². The fourth-order valence-corrected chi connectivity index (χ4v) is 1.27. The van der Waals surface area contributed by atoms with E-state index in [0.717, 1.165) is 12.0 Å². The molecule has 1 aromatic carbocycles. The van der Waals surface area contributed by atoms with Gasteiger partial charge in [0.2, 0.25) is 0 Å². The molecular weight excluding hydrogens is 207 g/mol. The van der Waals surface area contributed by atoms with E-state index < -0.39 is 0 Å². The number of carbonyl (C=O) groups excluding carboxylic acids is 1. The van der Waals surface area contributed by atoms with Gasteiger partial charge in [0.05, 0.1) is 0 Å². The minimum Gasteiger partial charge on any atom is -0.340 e. The van der Waals surface area contributed by atoms with Crippen LogP contribution in [0.15, 0.2) is 42.6 Å². The predicted molar refractivity (Wildman–Crippen MR) is 59.3 cm³/mol. The fraction of sp³-hybridized carbons (Fsp3) is 0. The monoisotopic (exact) mass is 216 g/mol. The van der Waals surface area contributed by atoms with Crippen LogP contribution in [0, 0.1) is 5.82 Å². The Kier molecular flexibility index (Phi) is 2.91.